The van der Waals surface area contributed by atoms with Gasteiger partial charge in [-0.2, -0.15) is 0 Å². The molecule has 0 fully saturated rings. The van der Waals surface area contributed by atoms with Crippen molar-refractivity contribution in [3.05, 3.63) is 36.3 Å². The molecule has 0 radical (unpaired) electrons. The average Bonchev–Trinajstić information content (AvgIpc) is 2.84. The summed E-state index contributed by atoms with van der Waals surface area (Å²) in [4.78, 5) is 4.66. The number of nitrogens with one attached hydrogen (secondary N) is 1. The molecule has 4 nitrogen and oxygen atoms in total. The molecule has 1 aliphatic heterocycles. The number of hydrogen-bond acceptors (Lipinski definition) is 3. The third-order valence-corrected chi connectivity index (χ3v) is 3.13. The van der Waals surface area contributed by atoms with Crippen molar-refractivity contribution in [2.45, 2.75) is 20.0 Å². The number of ether oxygens (including phenoxy) is 1. The van der Waals surface area contributed by atoms with E-state index in [1.807, 2.05) is 19.1 Å². The summed E-state index contributed by atoms with van der Waals surface area (Å²) in [6.07, 6.45) is 2.13. The molecule has 0 atom stereocenters. The van der Waals surface area contributed by atoms with Gasteiger partial charge in [-0.15, -0.1) is 0 Å². The zero-order chi connectivity index (χ0) is 12.4. The molecule has 2 heterocycles. The summed E-state index contributed by atoms with van der Waals surface area (Å²) < 4.78 is 7.67. The van der Waals surface area contributed by atoms with E-state index in [1.54, 1.807) is 0 Å². The first-order chi connectivity index (χ1) is 8.86. The molecule has 1 N–H and O–H groups in total. The molecule has 2 aromatic rings. The summed E-state index contributed by atoms with van der Waals surface area (Å²) in [7, 11) is 0. The van der Waals surface area contributed by atoms with Crippen molar-refractivity contribution < 1.29 is 4.74 Å². The van der Waals surface area contributed by atoms with E-state index >= 15 is 0 Å². The Kier molecular flexibility index (Phi) is 3.02. The molecule has 0 aliphatic carbocycles. The predicted octanol–water partition coefficient (Wildman–Crippen LogP) is 2.05. The molecule has 3 rings (SSSR count). The fourth-order valence-electron chi connectivity index (χ4n) is 2.22. The van der Waals surface area contributed by atoms with Gasteiger partial charge >= 0.3 is 0 Å². The summed E-state index contributed by atoms with van der Waals surface area (Å²) >= 11 is 0. The zero-order valence-corrected chi connectivity index (χ0v) is 10.5. The maximum Gasteiger partial charge on any atom is 0.123 e. The molecule has 0 unspecified atom stereocenters. The quantitative estimate of drug-likeness (QED) is 0.896. The maximum atomic E-state index is 5.44. The molecule has 0 saturated carbocycles. The van der Waals surface area contributed by atoms with Crippen LogP contribution in [-0.2, 0) is 13.1 Å². The highest BCUT2D eigenvalue weighted by Gasteiger charge is 2.12. The van der Waals surface area contributed by atoms with Crippen molar-refractivity contribution >= 4 is 0 Å². The third kappa shape index (κ3) is 2.11. The van der Waals surface area contributed by atoms with E-state index in [0.717, 1.165) is 42.5 Å². The fourth-order valence-corrected chi connectivity index (χ4v) is 2.22. The van der Waals surface area contributed by atoms with E-state index in [4.69, 9.17) is 4.74 Å². The van der Waals surface area contributed by atoms with Crippen molar-refractivity contribution in [3.8, 4) is 17.0 Å². The lowest BCUT2D eigenvalue weighted by Crippen LogP contribution is -2.27. The van der Waals surface area contributed by atoms with Crippen LogP contribution in [0.15, 0.2) is 30.5 Å². The third-order valence-electron chi connectivity index (χ3n) is 3.13. The van der Waals surface area contributed by atoms with E-state index in [0.29, 0.717) is 6.61 Å². The lowest BCUT2D eigenvalue weighted by atomic mass is 10.2. The number of fused-ring (bicyclic) bond motifs is 1. The van der Waals surface area contributed by atoms with Gasteiger partial charge in [0, 0.05) is 24.8 Å². The first-order valence-corrected chi connectivity index (χ1v) is 6.37. The van der Waals surface area contributed by atoms with Gasteiger partial charge in [-0.05, 0) is 31.2 Å². The van der Waals surface area contributed by atoms with Crippen LogP contribution < -0.4 is 10.1 Å². The molecule has 0 bridgehead atoms. The Bertz CT molecular complexity index is 507. The van der Waals surface area contributed by atoms with Crippen molar-refractivity contribution in [2.75, 3.05) is 13.2 Å². The monoisotopic (exact) mass is 243 g/mol. The highest BCUT2D eigenvalue weighted by Crippen LogP contribution is 2.22. The lowest BCUT2D eigenvalue weighted by Gasteiger charge is -2.13. The van der Waals surface area contributed by atoms with E-state index < -0.39 is 0 Å². The van der Waals surface area contributed by atoms with Gasteiger partial charge < -0.3 is 14.6 Å². The average molecular weight is 243 g/mol. The van der Waals surface area contributed by atoms with Crippen LogP contribution >= 0.6 is 0 Å². The molecule has 0 spiro atoms. The van der Waals surface area contributed by atoms with Gasteiger partial charge in [-0.3, -0.25) is 0 Å². The number of imidazole rings is 1. The highest BCUT2D eigenvalue weighted by atomic mass is 16.5. The fraction of sp³-hybridized carbons (Fsp3) is 0.357. The van der Waals surface area contributed by atoms with E-state index in [1.165, 1.54) is 0 Å². The Balaban J connectivity index is 1.87. The van der Waals surface area contributed by atoms with Crippen LogP contribution in [0.5, 0.6) is 5.75 Å². The highest BCUT2D eigenvalue weighted by molar-refractivity contribution is 5.59. The topological polar surface area (TPSA) is 39.1 Å². The minimum absolute atomic E-state index is 0.698. The van der Waals surface area contributed by atoms with E-state index in [-0.39, 0.29) is 0 Å². The predicted molar refractivity (Wildman–Crippen MR) is 70.5 cm³/mol. The first-order valence-electron chi connectivity index (χ1n) is 6.37. The summed E-state index contributed by atoms with van der Waals surface area (Å²) in [5, 5.41) is 3.33. The smallest absolute Gasteiger partial charge is 0.123 e. The Hall–Kier alpha value is -1.81. The number of aromatic nitrogens is 2. The number of benzene rings is 1. The van der Waals surface area contributed by atoms with Crippen LogP contribution in [-0.4, -0.2) is 22.7 Å². The van der Waals surface area contributed by atoms with Gasteiger partial charge in [0.05, 0.1) is 18.8 Å². The van der Waals surface area contributed by atoms with Crippen molar-refractivity contribution in [1.82, 2.24) is 14.9 Å². The summed E-state index contributed by atoms with van der Waals surface area (Å²) in [5.41, 5.74) is 2.18. The molecule has 1 aliphatic rings. The molecule has 94 valence electrons. The normalized spacial score (nSPS) is 14.3. The Morgan fingerprint density at radius 2 is 2.17 bits per heavy atom. The van der Waals surface area contributed by atoms with Crippen molar-refractivity contribution in [1.29, 1.82) is 0 Å². The van der Waals surface area contributed by atoms with Crippen LogP contribution in [0.25, 0.3) is 11.3 Å². The van der Waals surface area contributed by atoms with Gasteiger partial charge in [0.15, 0.2) is 0 Å². The van der Waals surface area contributed by atoms with Crippen molar-refractivity contribution in [2.24, 2.45) is 0 Å². The molecule has 0 amide bonds. The second-order valence-electron chi connectivity index (χ2n) is 4.37. The van der Waals surface area contributed by atoms with Gasteiger partial charge in [0.1, 0.15) is 11.6 Å². The van der Waals surface area contributed by atoms with Crippen LogP contribution in [0.4, 0.5) is 0 Å². The molecule has 0 saturated heterocycles. The lowest BCUT2D eigenvalue weighted by molar-refractivity contribution is 0.340. The van der Waals surface area contributed by atoms with Crippen LogP contribution in [0.3, 0.4) is 0 Å². The second kappa shape index (κ2) is 4.82. The van der Waals surface area contributed by atoms with Gasteiger partial charge in [-0.1, -0.05) is 0 Å². The molecular weight excluding hydrogens is 226 g/mol. The standard InChI is InChI=1S/C14H17N3O/c1-2-18-12-5-3-11(4-6-12)13-10-17-8-7-15-9-14(17)16-13/h3-6,10,15H,2,7-9H2,1H3. The number of nitrogens with zero attached hydrogens (tertiary/aromatic N) is 2. The van der Waals surface area contributed by atoms with Gasteiger partial charge in [-0.25, -0.2) is 4.98 Å². The number of rotatable bonds is 3. The molecular formula is C14H17N3O. The maximum absolute atomic E-state index is 5.44. The summed E-state index contributed by atoms with van der Waals surface area (Å²) in [6, 6.07) is 8.12. The minimum atomic E-state index is 0.698. The van der Waals surface area contributed by atoms with Gasteiger partial charge in [0.2, 0.25) is 0 Å². The Morgan fingerprint density at radius 3 is 2.89 bits per heavy atom. The first kappa shape index (κ1) is 11.3. The molecule has 1 aromatic carbocycles. The molecule has 18 heavy (non-hydrogen) atoms. The molecule has 1 aromatic heterocycles. The van der Waals surface area contributed by atoms with Crippen molar-refractivity contribution in [3.63, 3.8) is 0 Å². The molecule has 4 heteroatoms. The van der Waals surface area contributed by atoms with E-state index in [2.05, 4.69) is 33.2 Å². The van der Waals surface area contributed by atoms with Crippen LogP contribution in [0, 0.1) is 0 Å². The largest absolute Gasteiger partial charge is 0.494 e. The van der Waals surface area contributed by atoms with Crippen LogP contribution in [0.1, 0.15) is 12.7 Å². The van der Waals surface area contributed by atoms with Gasteiger partial charge in [0.25, 0.3) is 0 Å². The Morgan fingerprint density at radius 1 is 1.33 bits per heavy atom. The number of hydrogen-bond donors (Lipinski definition) is 1. The SMILES string of the molecule is CCOc1ccc(-c2cn3c(n2)CNCC3)cc1. The van der Waals surface area contributed by atoms with Crippen LogP contribution in [0.2, 0.25) is 0 Å². The second-order valence-corrected chi connectivity index (χ2v) is 4.37. The minimum Gasteiger partial charge on any atom is -0.494 e. The summed E-state index contributed by atoms with van der Waals surface area (Å²) in [5.74, 6) is 2.03. The Labute approximate surface area is 107 Å². The zero-order valence-electron chi connectivity index (χ0n) is 10.5. The van der Waals surface area contributed by atoms with E-state index in [9.17, 15) is 0 Å². The summed E-state index contributed by atoms with van der Waals surface area (Å²) in [6.45, 7) is 5.57.